The van der Waals surface area contributed by atoms with Gasteiger partial charge in [0.15, 0.2) is 0 Å². The van der Waals surface area contributed by atoms with E-state index in [2.05, 4.69) is 10.2 Å². The van der Waals surface area contributed by atoms with E-state index in [-0.39, 0.29) is 24.0 Å². The lowest BCUT2D eigenvalue weighted by Gasteiger charge is -2.35. The predicted octanol–water partition coefficient (Wildman–Crippen LogP) is -1.40. The molecule has 7 nitrogen and oxygen atoms in total. The van der Waals surface area contributed by atoms with Crippen molar-refractivity contribution in [3.63, 3.8) is 0 Å². The summed E-state index contributed by atoms with van der Waals surface area (Å²) in [6, 6.07) is -0.120. The predicted molar refractivity (Wildman–Crippen MR) is 78.9 cm³/mol. The minimum absolute atomic E-state index is 0.107. The quantitative estimate of drug-likeness (QED) is 0.691. The molecular formula is C14H26N4O3. The largest absolute Gasteiger partial charge is 0.380 e. The van der Waals surface area contributed by atoms with Crippen LogP contribution in [0.4, 0.5) is 0 Å². The molecule has 0 aromatic carbocycles. The second-order valence-electron chi connectivity index (χ2n) is 5.94. The van der Waals surface area contributed by atoms with E-state index in [1.165, 1.54) is 0 Å². The zero-order chi connectivity index (χ0) is 15.4. The highest BCUT2D eigenvalue weighted by atomic mass is 16.5. The summed E-state index contributed by atoms with van der Waals surface area (Å²) in [5.41, 5.74) is 0. The third-order valence-electron chi connectivity index (χ3n) is 4.26. The first-order chi connectivity index (χ1) is 10.0. The van der Waals surface area contributed by atoms with Crippen LogP contribution in [-0.4, -0.2) is 99.1 Å². The van der Waals surface area contributed by atoms with Gasteiger partial charge in [0.05, 0.1) is 18.7 Å². The summed E-state index contributed by atoms with van der Waals surface area (Å²) < 4.78 is 5.28. The number of hydrogen-bond donors (Lipinski definition) is 1. The van der Waals surface area contributed by atoms with Crippen LogP contribution in [-0.2, 0) is 14.3 Å². The molecule has 2 heterocycles. The highest BCUT2D eigenvalue weighted by Gasteiger charge is 2.33. The molecule has 0 spiro atoms. The molecule has 2 saturated heterocycles. The molecule has 2 atom stereocenters. The zero-order valence-electron chi connectivity index (χ0n) is 13.2. The summed E-state index contributed by atoms with van der Waals surface area (Å²) >= 11 is 0. The molecule has 0 bridgehead atoms. The molecule has 2 amide bonds. The maximum Gasteiger partial charge on any atom is 0.239 e. The number of carbonyl (C=O) groups excluding carboxylic acids is 2. The van der Waals surface area contributed by atoms with Gasteiger partial charge in [0, 0.05) is 53.9 Å². The Morgan fingerprint density at radius 1 is 1.24 bits per heavy atom. The van der Waals surface area contributed by atoms with Gasteiger partial charge in [-0.05, 0) is 6.42 Å². The Morgan fingerprint density at radius 3 is 2.43 bits per heavy atom. The van der Waals surface area contributed by atoms with Crippen molar-refractivity contribution >= 4 is 11.8 Å². The van der Waals surface area contributed by atoms with Crippen LogP contribution in [0, 0.1) is 0 Å². The first-order valence-electron chi connectivity index (χ1n) is 7.48. The summed E-state index contributed by atoms with van der Waals surface area (Å²) in [4.78, 5) is 29.7. The summed E-state index contributed by atoms with van der Waals surface area (Å²) in [6.07, 6.45) is 0.882. The molecule has 120 valence electrons. The average molecular weight is 298 g/mol. The molecule has 2 rings (SSSR count). The summed E-state index contributed by atoms with van der Waals surface area (Å²) in [5, 5.41) is 3.22. The van der Waals surface area contributed by atoms with Gasteiger partial charge < -0.3 is 19.9 Å². The Morgan fingerprint density at radius 2 is 1.90 bits per heavy atom. The molecule has 2 aliphatic rings. The second kappa shape index (κ2) is 7.20. The fraction of sp³-hybridized carbons (Fsp3) is 0.857. The van der Waals surface area contributed by atoms with E-state index in [1.807, 2.05) is 4.90 Å². The van der Waals surface area contributed by atoms with E-state index in [1.54, 1.807) is 26.1 Å². The van der Waals surface area contributed by atoms with Crippen molar-refractivity contribution in [3.05, 3.63) is 0 Å². The van der Waals surface area contributed by atoms with Crippen molar-refractivity contribution in [1.82, 2.24) is 20.0 Å². The van der Waals surface area contributed by atoms with Gasteiger partial charge in [-0.15, -0.1) is 0 Å². The number of piperazine rings is 1. The van der Waals surface area contributed by atoms with E-state index in [9.17, 15) is 9.59 Å². The van der Waals surface area contributed by atoms with Crippen molar-refractivity contribution < 1.29 is 14.3 Å². The van der Waals surface area contributed by atoms with Crippen LogP contribution in [0.15, 0.2) is 0 Å². The van der Waals surface area contributed by atoms with Crippen molar-refractivity contribution in [3.8, 4) is 0 Å². The van der Waals surface area contributed by atoms with Crippen molar-refractivity contribution in [2.24, 2.45) is 0 Å². The van der Waals surface area contributed by atoms with Crippen molar-refractivity contribution in [2.45, 2.75) is 18.6 Å². The van der Waals surface area contributed by atoms with Crippen LogP contribution in [0.1, 0.15) is 6.42 Å². The Balaban J connectivity index is 1.76. The SMILES string of the molecule is COC1CNC(C(=O)N2CCN(CC(=O)N(C)C)CC2)C1. The number of hydrogen-bond acceptors (Lipinski definition) is 5. The lowest BCUT2D eigenvalue weighted by atomic mass is 10.1. The van der Waals surface area contributed by atoms with Crippen LogP contribution >= 0.6 is 0 Å². The summed E-state index contributed by atoms with van der Waals surface area (Å²) in [6.45, 7) is 4.06. The normalized spacial score (nSPS) is 26.9. The van der Waals surface area contributed by atoms with Crippen LogP contribution in [0.2, 0.25) is 0 Å². The number of likely N-dealkylation sites (N-methyl/N-ethyl adjacent to an activating group) is 1. The molecule has 2 unspecified atom stereocenters. The van der Waals surface area contributed by atoms with Gasteiger partial charge in [0.25, 0.3) is 0 Å². The van der Waals surface area contributed by atoms with Gasteiger partial charge in [-0.25, -0.2) is 0 Å². The molecule has 0 aromatic heterocycles. The molecule has 0 aromatic rings. The van der Waals surface area contributed by atoms with Gasteiger partial charge in [0.2, 0.25) is 11.8 Å². The van der Waals surface area contributed by atoms with E-state index >= 15 is 0 Å². The fourth-order valence-corrected chi connectivity index (χ4v) is 2.75. The molecule has 0 radical (unpaired) electrons. The van der Waals surface area contributed by atoms with Gasteiger partial charge in [-0.3, -0.25) is 14.5 Å². The topological polar surface area (TPSA) is 65.1 Å². The van der Waals surface area contributed by atoms with Crippen LogP contribution in [0.5, 0.6) is 0 Å². The third-order valence-corrected chi connectivity index (χ3v) is 4.26. The van der Waals surface area contributed by atoms with E-state index in [4.69, 9.17) is 4.74 Å². The minimum Gasteiger partial charge on any atom is -0.380 e. The number of carbonyl (C=O) groups is 2. The highest BCUT2D eigenvalue weighted by molar-refractivity contribution is 5.82. The first kappa shape index (κ1) is 16.2. The van der Waals surface area contributed by atoms with Gasteiger partial charge in [-0.2, -0.15) is 0 Å². The fourth-order valence-electron chi connectivity index (χ4n) is 2.75. The molecule has 21 heavy (non-hydrogen) atoms. The van der Waals surface area contributed by atoms with E-state index < -0.39 is 0 Å². The first-order valence-corrected chi connectivity index (χ1v) is 7.48. The molecule has 7 heteroatoms. The van der Waals surface area contributed by atoms with E-state index in [0.29, 0.717) is 19.6 Å². The monoisotopic (exact) mass is 298 g/mol. The number of amides is 2. The lowest BCUT2D eigenvalue weighted by Crippen LogP contribution is -2.54. The standard InChI is InChI=1S/C14H26N4O3/c1-16(2)13(19)10-17-4-6-18(7-5-17)14(20)12-8-11(21-3)9-15-12/h11-12,15H,4-10H2,1-3H3. The van der Waals surface area contributed by atoms with Crippen LogP contribution in [0.25, 0.3) is 0 Å². The number of nitrogens with one attached hydrogen (secondary N) is 1. The smallest absolute Gasteiger partial charge is 0.239 e. The lowest BCUT2D eigenvalue weighted by molar-refractivity contribution is -0.136. The minimum atomic E-state index is -0.120. The van der Waals surface area contributed by atoms with E-state index in [0.717, 1.165) is 26.1 Å². The zero-order valence-corrected chi connectivity index (χ0v) is 13.2. The Hall–Kier alpha value is -1.18. The van der Waals surface area contributed by atoms with Gasteiger partial charge in [0.1, 0.15) is 0 Å². The Bertz CT molecular complexity index is 380. The Kier molecular flexibility index (Phi) is 5.55. The highest BCUT2D eigenvalue weighted by Crippen LogP contribution is 2.13. The maximum atomic E-state index is 12.4. The van der Waals surface area contributed by atoms with Gasteiger partial charge in [-0.1, -0.05) is 0 Å². The number of ether oxygens (including phenoxy) is 1. The molecule has 0 saturated carbocycles. The summed E-state index contributed by atoms with van der Waals surface area (Å²) in [7, 11) is 5.21. The molecule has 0 aliphatic carbocycles. The van der Waals surface area contributed by atoms with Crippen LogP contribution < -0.4 is 5.32 Å². The van der Waals surface area contributed by atoms with Crippen molar-refractivity contribution in [1.29, 1.82) is 0 Å². The number of nitrogens with zero attached hydrogens (tertiary/aromatic N) is 3. The number of methoxy groups -OCH3 is 1. The summed E-state index contributed by atoms with van der Waals surface area (Å²) in [5.74, 6) is 0.267. The molecule has 2 fully saturated rings. The van der Waals surface area contributed by atoms with Crippen LogP contribution in [0.3, 0.4) is 0 Å². The van der Waals surface area contributed by atoms with Crippen molar-refractivity contribution in [2.75, 3.05) is 60.5 Å². The third kappa shape index (κ3) is 4.15. The molecular weight excluding hydrogens is 272 g/mol. The molecule has 1 N–H and O–H groups in total. The van der Waals surface area contributed by atoms with Gasteiger partial charge >= 0.3 is 0 Å². The second-order valence-corrected chi connectivity index (χ2v) is 5.94. The average Bonchev–Trinajstić information content (AvgIpc) is 2.96. The molecule has 2 aliphatic heterocycles. The maximum absolute atomic E-state index is 12.4. The number of rotatable bonds is 4. The Labute approximate surface area is 126 Å².